The molecule has 146 valence electrons. The summed E-state index contributed by atoms with van der Waals surface area (Å²) in [5, 5.41) is 7.75. The van der Waals surface area contributed by atoms with E-state index >= 15 is 0 Å². The fourth-order valence-electron chi connectivity index (χ4n) is 3.28. The first kappa shape index (κ1) is 18.8. The van der Waals surface area contributed by atoms with Crippen LogP contribution in [0.15, 0.2) is 59.9 Å². The van der Waals surface area contributed by atoms with Gasteiger partial charge in [-0.05, 0) is 29.3 Å². The molecular formula is C21H17F2N5O. The second kappa shape index (κ2) is 7.48. The van der Waals surface area contributed by atoms with Crippen molar-refractivity contribution in [3.63, 3.8) is 0 Å². The molecule has 2 aromatic heterocycles. The van der Waals surface area contributed by atoms with Crippen LogP contribution in [0.4, 0.5) is 8.78 Å². The number of nitrogens with one attached hydrogen (secondary N) is 1. The lowest BCUT2D eigenvalue weighted by atomic mass is 9.89. The number of rotatable bonds is 4. The minimum absolute atomic E-state index is 0.230. The van der Waals surface area contributed by atoms with Crippen LogP contribution >= 0.6 is 0 Å². The van der Waals surface area contributed by atoms with E-state index in [1.54, 1.807) is 18.2 Å². The van der Waals surface area contributed by atoms with Crippen molar-refractivity contribution >= 4 is 22.7 Å². The fourth-order valence-corrected chi connectivity index (χ4v) is 3.28. The number of hydrogen-bond acceptors (Lipinski definition) is 5. The van der Waals surface area contributed by atoms with Gasteiger partial charge >= 0.3 is 0 Å². The molecule has 0 bridgehead atoms. The Morgan fingerprint density at radius 1 is 1.28 bits per heavy atom. The van der Waals surface area contributed by atoms with E-state index in [0.29, 0.717) is 22.0 Å². The minimum atomic E-state index is -0.766. The molecule has 1 aliphatic rings. The van der Waals surface area contributed by atoms with E-state index in [1.807, 2.05) is 0 Å². The van der Waals surface area contributed by atoms with Crippen LogP contribution in [0.25, 0.3) is 16.5 Å². The summed E-state index contributed by atoms with van der Waals surface area (Å²) in [5.74, 6) is -1.87. The van der Waals surface area contributed by atoms with Crippen molar-refractivity contribution in [2.75, 3.05) is 0 Å². The molecule has 0 saturated heterocycles. The maximum Gasteiger partial charge on any atom is 0.261 e. The predicted molar refractivity (Wildman–Crippen MR) is 107 cm³/mol. The van der Waals surface area contributed by atoms with Gasteiger partial charge in [0.05, 0.1) is 30.0 Å². The molecule has 6 nitrogen and oxygen atoms in total. The minimum Gasteiger partial charge on any atom is -0.324 e. The van der Waals surface area contributed by atoms with Crippen molar-refractivity contribution in [1.29, 1.82) is 5.41 Å². The Morgan fingerprint density at radius 2 is 2.03 bits per heavy atom. The third-order valence-corrected chi connectivity index (χ3v) is 4.94. The highest BCUT2D eigenvalue weighted by atomic mass is 19.1. The highest BCUT2D eigenvalue weighted by molar-refractivity contribution is 5.80. The Balaban J connectivity index is 1.70. The van der Waals surface area contributed by atoms with Crippen molar-refractivity contribution < 1.29 is 8.78 Å². The van der Waals surface area contributed by atoms with Gasteiger partial charge < -0.3 is 11.1 Å². The number of benzene rings is 1. The lowest BCUT2D eigenvalue weighted by Gasteiger charge is -2.19. The van der Waals surface area contributed by atoms with E-state index in [4.69, 9.17) is 11.1 Å². The first-order chi connectivity index (χ1) is 14.0. The smallest absolute Gasteiger partial charge is 0.261 e. The van der Waals surface area contributed by atoms with Crippen molar-refractivity contribution in [1.82, 2.24) is 14.5 Å². The van der Waals surface area contributed by atoms with Crippen molar-refractivity contribution in [3.05, 3.63) is 88.3 Å². The topological polar surface area (TPSA) is 97.6 Å². The first-order valence-corrected chi connectivity index (χ1v) is 8.91. The predicted octanol–water partition coefficient (Wildman–Crippen LogP) is 2.66. The largest absolute Gasteiger partial charge is 0.324 e. The summed E-state index contributed by atoms with van der Waals surface area (Å²) in [4.78, 5) is 20.6. The molecule has 0 fully saturated rings. The second-order valence-electron chi connectivity index (χ2n) is 6.79. The summed E-state index contributed by atoms with van der Waals surface area (Å²) in [7, 11) is 0. The molecule has 4 rings (SSSR count). The Hall–Kier alpha value is -3.52. The summed E-state index contributed by atoms with van der Waals surface area (Å²) in [6.45, 7) is -0.287. The van der Waals surface area contributed by atoms with Gasteiger partial charge in [0.25, 0.3) is 5.56 Å². The molecule has 8 heteroatoms. The maximum atomic E-state index is 14.7. The third-order valence-electron chi connectivity index (χ3n) is 4.94. The number of pyridine rings is 1. The lowest BCUT2D eigenvalue weighted by Crippen LogP contribution is -2.29. The van der Waals surface area contributed by atoms with E-state index in [9.17, 15) is 13.6 Å². The number of halogens is 2. The van der Waals surface area contributed by atoms with E-state index < -0.39 is 17.2 Å². The van der Waals surface area contributed by atoms with Gasteiger partial charge in [-0.1, -0.05) is 18.2 Å². The van der Waals surface area contributed by atoms with Crippen molar-refractivity contribution in [2.24, 2.45) is 11.7 Å². The number of allylic oxidation sites excluding steroid dienone is 2. The Kier molecular flexibility index (Phi) is 4.85. The summed E-state index contributed by atoms with van der Waals surface area (Å²) in [6, 6.07) is 3.61. The molecular weight excluding hydrogens is 376 g/mol. The monoisotopic (exact) mass is 393 g/mol. The van der Waals surface area contributed by atoms with Crippen molar-refractivity contribution in [2.45, 2.75) is 12.6 Å². The average molecular weight is 393 g/mol. The summed E-state index contributed by atoms with van der Waals surface area (Å²) < 4.78 is 30.7. The van der Waals surface area contributed by atoms with Crippen LogP contribution in [0.5, 0.6) is 0 Å². The van der Waals surface area contributed by atoms with Crippen LogP contribution < -0.4 is 11.3 Å². The van der Waals surface area contributed by atoms with Crippen LogP contribution in [0.2, 0.25) is 0 Å². The van der Waals surface area contributed by atoms with E-state index in [2.05, 4.69) is 9.97 Å². The Labute approximate surface area is 164 Å². The van der Waals surface area contributed by atoms with Gasteiger partial charge in [0.2, 0.25) is 0 Å². The lowest BCUT2D eigenvalue weighted by molar-refractivity contribution is 0.540. The van der Waals surface area contributed by atoms with Crippen LogP contribution in [-0.4, -0.2) is 26.8 Å². The molecule has 0 saturated carbocycles. The number of hydrogen-bond donors (Lipinski definition) is 2. The third kappa shape index (κ3) is 3.50. The van der Waals surface area contributed by atoms with Crippen molar-refractivity contribution in [3.8, 4) is 0 Å². The highest BCUT2D eigenvalue weighted by Crippen LogP contribution is 2.27. The molecule has 3 N–H and O–H groups in total. The standard InChI is InChI=1S/C21H17F2N5O/c22-17-6-13(12-1-2-19(25)14(5-12)8-24)7-18(23)16(17)10-28-11-27-20-9-26-4-3-15(20)21(28)29/h1-9,11,14,19,24H,10,25H2. The van der Waals surface area contributed by atoms with Crippen LogP contribution in [0.3, 0.4) is 0 Å². The summed E-state index contributed by atoms with van der Waals surface area (Å²) >= 11 is 0. The zero-order valence-corrected chi connectivity index (χ0v) is 15.2. The van der Waals surface area contributed by atoms with Gasteiger partial charge in [0, 0.05) is 29.9 Å². The van der Waals surface area contributed by atoms with Crippen LogP contribution in [0, 0.1) is 23.0 Å². The van der Waals surface area contributed by atoms with Gasteiger partial charge in [-0.25, -0.2) is 13.8 Å². The second-order valence-corrected chi connectivity index (χ2v) is 6.79. The van der Waals surface area contributed by atoms with Gasteiger partial charge in [-0.15, -0.1) is 0 Å². The van der Waals surface area contributed by atoms with Gasteiger partial charge in [-0.3, -0.25) is 14.3 Å². The van der Waals surface area contributed by atoms with Gasteiger partial charge in [-0.2, -0.15) is 0 Å². The van der Waals surface area contributed by atoms with Gasteiger partial charge in [0.1, 0.15) is 11.6 Å². The molecule has 2 heterocycles. The first-order valence-electron chi connectivity index (χ1n) is 8.91. The van der Waals surface area contributed by atoms with Crippen LogP contribution in [0.1, 0.15) is 11.1 Å². The molecule has 29 heavy (non-hydrogen) atoms. The Bertz CT molecular complexity index is 1210. The molecule has 0 spiro atoms. The van der Waals surface area contributed by atoms with E-state index in [-0.39, 0.29) is 24.1 Å². The summed E-state index contributed by atoms with van der Waals surface area (Å²) in [5.41, 5.74) is 6.59. The highest BCUT2D eigenvalue weighted by Gasteiger charge is 2.19. The molecule has 0 radical (unpaired) electrons. The molecule has 1 aromatic carbocycles. The number of aromatic nitrogens is 3. The van der Waals surface area contributed by atoms with E-state index in [0.717, 1.165) is 4.57 Å². The fraction of sp³-hybridized carbons (Fsp3) is 0.143. The number of nitrogens with zero attached hydrogens (tertiary/aromatic N) is 3. The summed E-state index contributed by atoms with van der Waals surface area (Å²) in [6.07, 6.45) is 10.5. The zero-order chi connectivity index (χ0) is 20.5. The molecule has 0 aliphatic heterocycles. The molecule has 2 unspecified atom stereocenters. The maximum absolute atomic E-state index is 14.7. The Morgan fingerprint density at radius 3 is 2.76 bits per heavy atom. The average Bonchev–Trinajstić information content (AvgIpc) is 2.72. The van der Waals surface area contributed by atoms with E-state index in [1.165, 1.54) is 43.1 Å². The van der Waals surface area contributed by atoms with Crippen LogP contribution in [-0.2, 0) is 6.54 Å². The zero-order valence-electron chi connectivity index (χ0n) is 15.2. The number of nitrogens with two attached hydrogens (primary N) is 1. The quantitative estimate of drug-likeness (QED) is 0.666. The normalized spacial score (nSPS) is 18.7. The molecule has 2 atom stereocenters. The SMILES string of the molecule is N=CC1C=C(c2cc(F)c(Cn3cnc4cnccc4c3=O)c(F)c2)C=CC1N. The molecule has 3 aromatic rings. The molecule has 1 aliphatic carbocycles. The molecule has 0 amide bonds. The van der Waals surface area contributed by atoms with Gasteiger partial charge in [0.15, 0.2) is 0 Å². The number of fused-ring (bicyclic) bond motifs is 1.